The molecule has 4 amide bonds. The van der Waals surface area contributed by atoms with Crippen LogP contribution < -0.4 is 5.32 Å². The summed E-state index contributed by atoms with van der Waals surface area (Å²) in [7, 11) is 2.71. The van der Waals surface area contributed by atoms with Crippen LogP contribution >= 0.6 is 0 Å². The van der Waals surface area contributed by atoms with Gasteiger partial charge in [0.2, 0.25) is 11.8 Å². The van der Waals surface area contributed by atoms with Crippen molar-refractivity contribution in [2.24, 2.45) is 5.92 Å². The molecule has 17 heteroatoms. The van der Waals surface area contributed by atoms with Crippen LogP contribution in [0.3, 0.4) is 0 Å². The molecule has 6 heterocycles. The number of ether oxygens (including phenoxy) is 1. The Bertz CT molecular complexity index is 2580. The third-order valence-electron chi connectivity index (χ3n) is 11.8. The average molecular weight is 840 g/mol. The number of hydrogen-bond acceptors (Lipinski definition) is 10. The highest BCUT2D eigenvalue weighted by Crippen LogP contribution is 2.35. The number of aromatic amines is 2. The predicted octanol–water partition coefficient (Wildman–Crippen LogP) is 6.40. The van der Waals surface area contributed by atoms with Gasteiger partial charge in [-0.2, -0.15) is 0 Å². The van der Waals surface area contributed by atoms with Gasteiger partial charge in [-0.05, 0) is 61.4 Å². The standard InChI is InChI=1S/C45H49N11O6/c1-26(2)39(54(3)45(60)61)43(58)56-20-8-11-38(56)41-48-24-35(51-41)28-14-12-27(13-15-28)34-23-47-32-21-29(16-17-31(32)50-34)36-25-49-40(52-36)37-10-7-19-55(37)42(57)33(53-44(59)62-4)22-30-9-5-6-18-46-30/h5-6,9,12-18,21,23-26,33,37-39H,7-8,10-11,19-20,22H2,1-4H3,(H,48,51)(H,49,52)(H,53,59)(H,60,61)/t33-,37+,38+,39+/m1/s1. The number of alkyl carbamates (subject to hydrolysis) is 1. The van der Waals surface area contributed by atoms with Gasteiger partial charge in [-0.15, -0.1) is 0 Å². The van der Waals surface area contributed by atoms with Crippen molar-refractivity contribution in [3.63, 3.8) is 0 Å². The number of hydrogen-bond donors (Lipinski definition) is 4. The number of aromatic nitrogens is 7. The van der Waals surface area contributed by atoms with E-state index in [0.29, 0.717) is 41.6 Å². The zero-order valence-corrected chi connectivity index (χ0v) is 35.0. The second kappa shape index (κ2) is 17.8. The molecule has 0 saturated carbocycles. The van der Waals surface area contributed by atoms with Crippen molar-refractivity contribution in [3.05, 3.63) is 103 Å². The summed E-state index contributed by atoms with van der Waals surface area (Å²) in [5.74, 6) is 0.711. The number of likely N-dealkylation sites (tertiary alicyclic amines) is 2. The zero-order valence-electron chi connectivity index (χ0n) is 35.0. The van der Waals surface area contributed by atoms with Crippen molar-refractivity contribution in [3.8, 4) is 33.8 Å². The number of pyridine rings is 1. The molecule has 4 aromatic heterocycles. The van der Waals surface area contributed by atoms with Gasteiger partial charge in [0.05, 0.1) is 65.9 Å². The van der Waals surface area contributed by atoms with Crippen molar-refractivity contribution < 1.29 is 29.0 Å². The van der Waals surface area contributed by atoms with Crippen molar-refractivity contribution in [1.82, 2.24) is 54.9 Å². The van der Waals surface area contributed by atoms with E-state index in [2.05, 4.69) is 25.3 Å². The van der Waals surface area contributed by atoms with Crippen molar-refractivity contribution in [2.75, 3.05) is 27.2 Å². The highest BCUT2D eigenvalue weighted by molar-refractivity contribution is 5.87. The van der Waals surface area contributed by atoms with E-state index in [1.54, 1.807) is 40.7 Å². The van der Waals surface area contributed by atoms with Crippen LogP contribution in [-0.4, -0.2) is 118 Å². The smallest absolute Gasteiger partial charge is 0.407 e. The van der Waals surface area contributed by atoms with E-state index in [4.69, 9.17) is 19.7 Å². The van der Waals surface area contributed by atoms with Gasteiger partial charge < -0.3 is 34.9 Å². The number of fused-ring (bicyclic) bond motifs is 1. The molecule has 2 aromatic carbocycles. The summed E-state index contributed by atoms with van der Waals surface area (Å²) in [6.45, 7) is 4.78. The van der Waals surface area contributed by atoms with Gasteiger partial charge in [0, 0.05) is 49.6 Å². The molecule has 6 aromatic rings. The van der Waals surface area contributed by atoms with E-state index in [9.17, 15) is 24.3 Å². The summed E-state index contributed by atoms with van der Waals surface area (Å²) >= 11 is 0. The van der Waals surface area contributed by atoms with E-state index in [0.717, 1.165) is 64.2 Å². The Hall–Kier alpha value is -7.17. The van der Waals surface area contributed by atoms with Crippen LogP contribution in [-0.2, 0) is 20.7 Å². The Kier molecular flexibility index (Phi) is 11.9. The highest BCUT2D eigenvalue weighted by Gasteiger charge is 2.40. The van der Waals surface area contributed by atoms with Crippen molar-refractivity contribution in [1.29, 1.82) is 0 Å². The summed E-state index contributed by atoms with van der Waals surface area (Å²) in [6, 6.07) is 17.0. The summed E-state index contributed by atoms with van der Waals surface area (Å²) < 4.78 is 4.82. The molecule has 4 atom stereocenters. The Morgan fingerprint density at radius 2 is 1.44 bits per heavy atom. The van der Waals surface area contributed by atoms with Gasteiger partial charge in [0.1, 0.15) is 23.7 Å². The molecule has 0 radical (unpaired) electrons. The lowest BCUT2D eigenvalue weighted by molar-refractivity contribution is -0.138. The van der Waals surface area contributed by atoms with E-state index < -0.39 is 24.3 Å². The fourth-order valence-electron chi connectivity index (χ4n) is 8.59. The minimum Gasteiger partial charge on any atom is -0.465 e. The number of nitrogens with one attached hydrogen (secondary N) is 3. The van der Waals surface area contributed by atoms with Crippen LogP contribution in [0.15, 0.2) is 85.5 Å². The maximum absolute atomic E-state index is 13.9. The fourth-order valence-corrected chi connectivity index (χ4v) is 8.59. The minimum absolute atomic E-state index is 0.185. The zero-order chi connectivity index (χ0) is 43.5. The maximum atomic E-state index is 13.9. The van der Waals surface area contributed by atoms with Crippen molar-refractivity contribution in [2.45, 2.75) is 70.1 Å². The number of carbonyl (C=O) groups excluding carboxylic acids is 3. The number of carbonyl (C=O) groups is 4. The molecule has 8 rings (SSSR count). The predicted molar refractivity (Wildman–Crippen MR) is 229 cm³/mol. The fraction of sp³-hybridized carbons (Fsp3) is 0.356. The van der Waals surface area contributed by atoms with Gasteiger partial charge in [-0.1, -0.05) is 50.2 Å². The number of imidazole rings is 2. The van der Waals surface area contributed by atoms with Crippen LogP contribution in [0.25, 0.3) is 44.8 Å². The number of methoxy groups -OCH3 is 1. The van der Waals surface area contributed by atoms with Crippen LogP contribution in [0.2, 0.25) is 0 Å². The number of likely N-dealkylation sites (N-methyl/N-ethyl adjacent to an activating group) is 1. The lowest BCUT2D eigenvalue weighted by Crippen LogP contribution is -2.51. The first kappa shape index (κ1) is 41.6. The first-order chi connectivity index (χ1) is 30.0. The molecule has 4 N–H and O–H groups in total. The maximum Gasteiger partial charge on any atom is 0.407 e. The molecule has 0 unspecified atom stereocenters. The molecule has 17 nitrogen and oxygen atoms in total. The Labute approximate surface area is 358 Å². The van der Waals surface area contributed by atoms with Gasteiger partial charge >= 0.3 is 12.2 Å². The summed E-state index contributed by atoms with van der Waals surface area (Å²) in [4.78, 5) is 86.3. The third-order valence-corrected chi connectivity index (χ3v) is 11.8. The second-order valence-electron chi connectivity index (χ2n) is 16.1. The number of amides is 4. The Morgan fingerprint density at radius 1 is 0.806 bits per heavy atom. The number of rotatable bonds is 12. The van der Waals surface area contributed by atoms with E-state index >= 15 is 0 Å². The summed E-state index contributed by atoms with van der Waals surface area (Å²) in [5.41, 5.74) is 7.09. The highest BCUT2D eigenvalue weighted by atomic mass is 16.5. The Balaban J connectivity index is 0.941. The topological polar surface area (TPSA) is 216 Å². The first-order valence-corrected chi connectivity index (χ1v) is 20.8. The molecule has 2 aliphatic rings. The largest absolute Gasteiger partial charge is 0.465 e. The number of nitrogens with zero attached hydrogens (tertiary/aromatic N) is 8. The molecule has 2 saturated heterocycles. The Morgan fingerprint density at radius 3 is 2.05 bits per heavy atom. The van der Waals surface area contributed by atoms with Crippen LogP contribution in [0.4, 0.5) is 9.59 Å². The molecule has 62 heavy (non-hydrogen) atoms. The lowest BCUT2D eigenvalue weighted by Gasteiger charge is -2.33. The molecular formula is C45H49N11O6. The van der Waals surface area contributed by atoms with Gasteiger partial charge in [0.15, 0.2) is 0 Å². The van der Waals surface area contributed by atoms with E-state index in [1.165, 1.54) is 14.2 Å². The van der Waals surface area contributed by atoms with Gasteiger partial charge in [0.25, 0.3) is 0 Å². The molecule has 0 aliphatic carbocycles. The average Bonchev–Trinajstić information content (AvgIpc) is 4.13. The molecular weight excluding hydrogens is 791 g/mol. The summed E-state index contributed by atoms with van der Waals surface area (Å²) in [5, 5.41) is 12.3. The lowest BCUT2D eigenvalue weighted by atomic mass is 10.0. The third kappa shape index (κ3) is 8.55. The monoisotopic (exact) mass is 839 g/mol. The number of benzene rings is 2. The van der Waals surface area contributed by atoms with Gasteiger partial charge in [-0.3, -0.25) is 24.5 Å². The number of H-pyrrole nitrogens is 2. The molecule has 0 spiro atoms. The van der Waals surface area contributed by atoms with E-state index in [-0.39, 0.29) is 36.2 Å². The van der Waals surface area contributed by atoms with Crippen LogP contribution in [0.5, 0.6) is 0 Å². The SMILES string of the molecule is COC(=O)N[C@H](Cc1ccccn1)C(=O)N1CCC[C@H]1c1ncc(-c2ccc3nc(-c4ccc(-c5cnc([C@@H]6CCCN6C(=O)[C@H](C(C)C)N(C)C(=O)O)[nH]5)cc4)cnc3c2)[nH]1. The van der Waals surface area contributed by atoms with Crippen LogP contribution in [0.1, 0.15) is 69.0 Å². The number of carboxylic acid groups (broad SMARTS) is 1. The van der Waals surface area contributed by atoms with Crippen LogP contribution in [0, 0.1) is 5.92 Å². The minimum atomic E-state index is -1.13. The molecule has 320 valence electrons. The second-order valence-corrected chi connectivity index (χ2v) is 16.1. The first-order valence-electron chi connectivity index (χ1n) is 20.8. The van der Waals surface area contributed by atoms with E-state index in [1.807, 2.05) is 68.4 Å². The molecule has 2 fully saturated rings. The van der Waals surface area contributed by atoms with Crippen molar-refractivity contribution >= 4 is 35.0 Å². The molecule has 2 aliphatic heterocycles. The normalized spacial score (nSPS) is 17.3. The molecule has 0 bridgehead atoms. The quantitative estimate of drug-likeness (QED) is 0.106. The van der Waals surface area contributed by atoms with Gasteiger partial charge in [-0.25, -0.2) is 24.5 Å². The summed E-state index contributed by atoms with van der Waals surface area (Å²) in [6.07, 6.45) is 8.38.